The fourth-order valence-electron chi connectivity index (χ4n) is 2.49. The molecule has 0 aliphatic carbocycles. The summed E-state index contributed by atoms with van der Waals surface area (Å²) in [5, 5.41) is 6.23. The number of ether oxygens (including phenoxy) is 2. The maximum absolute atomic E-state index is 12.2. The summed E-state index contributed by atoms with van der Waals surface area (Å²) in [5.41, 5.74) is 0.709. The van der Waals surface area contributed by atoms with Crippen LogP contribution in [0.25, 0.3) is 0 Å². The van der Waals surface area contributed by atoms with Crippen LogP contribution in [0.1, 0.15) is 12.8 Å². The van der Waals surface area contributed by atoms with Gasteiger partial charge in [-0.15, -0.1) is 12.4 Å². The molecule has 5 nitrogen and oxygen atoms in total. The molecular weight excluding hydrogens is 280 g/mol. The first-order valence-corrected chi connectivity index (χ1v) is 6.75. The first kappa shape index (κ1) is 14.9. The summed E-state index contributed by atoms with van der Waals surface area (Å²) < 4.78 is 11.1. The van der Waals surface area contributed by atoms with Gasteiger partial charge in [0.2, 0.25) is 5.91 Å². The molecule has 1 aromatic rings. The van der Waals surface area contributed by atoms with Gasteiger partial charge in [-0.1, -0.05) is 6.07 Å². The van der Waals surface area contributed by atoms with Crippen molar-refractivity contribution < 1.29 is 14.3 Å². The van der Waals surface area contributed by atoms with E-state index in [1.54, 1.807) is 0 Å². The van der Waals surface area contributed by atoms with Crippen molar-refractivity contribution in [2.45, 2.75) is 12.8 Å². The molecule has 1 aromatic carbocycles. The number of nitrogens with one attached hydrogen (secondary N) is 2. The highest BCUT2D eigenvalue weighted by Crippen LogP contribution is 2.37. The van der Waals surface area contributed by atoms with Gasteiger partial charge in [-0.2, -0.15) is 0 Å². The predicted octanol–water partition coefficient (Wildman–Crippen LogP) is 1.82. The number of benzene rings is 1. The normalized spacial score (nSPS) is 18.0. The van der Waals surface area contributed by atoms with Crippen molar-refractivity contribution in [2.24, 2.45) is 5.92 Å². The minimum Gasteiger partial charge on any atom is -0.486 e. The number of para-hydroxylation sites is 1. The first-order valence-electron chi connectivity index (χ1n) is 6.75. The average Bonchev–Trinajstić information content (AvgIpc) is 2.48. The number of hydrogen-bond donors (Lipinski definition) is 2. The zero-order chi connectivity index (χ0) is 13.1. The van der Waals surface area contributed by atoms with Crippen molar-refractivity contribution in [1.82, 2.24) is 5.32 Å². The van der Waals surface area contributed by atoms with E-state index in [-0.39, 0.29) is 24.2 Å². The standard InChI is InChI=1S/C14H18N2O3.ClH/c17-14(10-4-6-15-7-5-10)16-11-2-1-3-12-13(11)19-9-8-18-12;/h1-3,10,15H,4-9H2,(H,16,17);1H. The van der Waals surface area contributed by atoms with Crippen LogP contribution in [0, 0.1) is 5.92 Å². The molecule has 3 rings (SSSR count). The number of hydrogen-bond acceptors (Lipinski definition) is 4. The van der Waals surface area contributed by atoms with E-state index in [1.807, 2.05) is 18.2 Å². The summed E-state index contributed by atoms with van der Waals surface area (Å²) in [6.45, 7) is 2.89. The SMILES string of the molecule is Cl.O=C(Nc1cccc2c1OCCO2)C1CCNCC1. The molecule has 1 amide bonds. The highest BCUT2D eigenvalue weighted by molar-refractivity contribution is 5.94. The van der Waals surface area contributed by atoms with Gasteiger partial charge in [0.1, 0.15) is 13.2 Å². The number of amides is 1. The Balaban J connectivity index is 0.00000147. The Morgan fingerprint density at radius 1 is 1.20 bits per heavy atom. The van der Waals surface area contributed by atoms with Crippen LogP contribution in [0.4, 0.5) is 5.69 Å². The summed E-state index contributed by atoms with van der Waals surface area (Å²) in [6.07, 6.45) is 1.77. The van der Waals surface area contributed by atoms with E-state index in [0.717, 1.165) is 25.9 Å². The van der Waals surface area contributed by atoms with Gasteiger partial charge in [0.25, 0.3) is 0 Å². The molecule has 0 unspecified atom stereocenters. The average molecular weight is 299 g/mol. The third-order valence-electron chi connectivity index (χ3n) is 3.53. The van der Waals surface area contributed by atoms with E-state index >= 15 is 0 Å². The molecule has 1 fully saturated rings. The van der Waals surface area contributed by atoms with Crippen molar-refractivity contribution >= 4 is 24.0 Å². The number of anilines is 1. The van der Waals surface area contributed by atoms with Gasteiger partial charge in [0.05, 0.1) is 5.69 Å². The fraction of sp³-hybridized carbons (Fsp3) is 0.500. The van der Waals surface area contributed by atoms with Crippen LogP contribution in [-0.4, -0.2) is 32.2 Å². The minimum absolute atomic E-state index is 0. The van der Waals surface area contributed by atoms with Crippen molar-refractivity contribution in [1.29, 1.82) is 0 Å². The van der Waals surface area contributed by atoms with E-state index in [9.17, 15) is 4.79 Å². The van der Waals surface area contributed by atoms with E-state index in [4.69, 9.17) is 9.47 Å². The largest absolute Gasteiger partial charge is 0.486 e. The number of carbonyl (C=O) groups excluding carboxylic acids is 1. The summed E-state index contributed by atoms with van der Waals surface area (Å²) >= 11 is 0. The Morgan fingerprint density at radius 2 is 1.95 bits per heavy atom. The Kier molecular flexibility index (Phi) is 5.09. The van der Waals surface area contributed by atoms with Crippen LogP contribution in [0.5, 0.6) is 11.5 Å². The second kappa shape index (κ2) is 6.81. The molecule has 2 N–H and O–H groups in total. The van der Waals surface area contributed by atoms with Crippen LogP contribution in [0.3, 0.4) is 0 Å². The fourth-order valence-corrected chi connectivity index (χ4v) is 2.49. The Labute approximate surface area is 124 Å². The number of halogens is 1. The number of rotatable bonds is 2. The van der Waals surface area contributed by atoms with E-state index in [2.05, 4.69) is 10.6 Å². The summed E-state index contributed by atoms with van der Waals surface area (Å²) in [7, 11) is 0. The quantitative estimate of drug-likeness (QED) is 0.874. The van der Waals surface area contributed by atoms with Gasteiger partial charge in [-0.25, -0.2) is 0 Å². The second-order valence-corrected chi connectivity index (χ2v) is 4.84. The van der Waals surface area contributed by atoms with Crippen LogP contribution >= 0.6 is 12.4 Å². The van der Waals surface area contributed by atoms with E-state index < -0.39 is 0 Å². The molecule has 0 aromatic heterocycles. The lowest BCUT2D eigenvalue weighted by molar-refractivity contribution is -0.120. The van der Waals surface area contributed by atoms with Gasteiger partial charge in [-0.05, 0) is 38.1 Å². The molecule has 0 spiro atoms. The maximum atomic E-state index is 12.2. The number of fused-ring (bicyclic) bond motifs is 1. The summed E-state index contributed by atoms with van der Waals surface area (Å²) in [5.74, 6) is 1.51. The Bertz CT molecular complexity index is 475. The molecule has 6 heteroatoms. The molecule has 2 aliphatic rings. The number of piperidine rings is 1. The lowest BCUT2D eigenvalue weighted by Gasteiger charge is -2.24. The molecule has 2 heterocycles. The van der Waals surface area contributed by atoms with Gasteiger partial charge in [0.15, 0.2) is 11.5 Å². The van der Waals surface area contributed by atoms with Crippen LogP contribution in [-0.2, 0) is 4.79 Å². The lowest BCUT2D eigenvalue weighted by atomic mass is 9.97. The van der Waals surface area contributed by atoms with Crippen molar-refractivity contribution in [3.63, 3.8) is 0 Å². The van der Waals surface area contributed by atoms with Gasteiger partial charge >= 0.3 is 0 Å². The first-order chi connectivity index (χ1) is 9.34. The van der Waals surface area contributed by atoms with Crippen molar-refractivity contribution in [2.75, 3.05) is 31.6 Å². The third-order valence-corrected chi connectivity index (χ3v) is 3.53. The molecule has 110 valence electrons. The molecule has 1 saturated heterocycles. The topological polar surface area (TPSA) is 59.6 Å². The molecule has 0 atom stereocenters. The third kappa shape index (κ3) is 3.16. The Hall–Kier alpha value is -1.46. The van der Waals surface area contributed by atoms with Gasteiger partial charge in [0, 0.05) is 5.92 Å². The molecule has 2 aliphatic heterocycles. The second-order valence-electron chi connectivity index (χ2n) is 4.84. The maximum Gasteiger partial charge on any atom is 0.227 e. The Morgan fingerprint density at radius 3 is 2.75 bits per heavy atom. The zero-order valence-electron chi connectivity index (χ0n) is 11.2. The van der Waals surface area contributed by atoms with Crippen LogP contribution in [0.2, 0.25) is 0 Å². The van der Waals surface area contributed by atoms with Crippen molar-refractivity contribution in [3.8, 4) is 11.5 Å². The molecule has 0 bridgehead atoms. The number of carbonyl (C=O) groups is 1. The summed E-state index contributed by atoms with van der Waals surface area (Å²) in [6, 6.07) is 5.58. The van der Waals surface area contributed by atoms with Gasteiger partial charge < -0.3 is 20.1 Å². The molecular formula is C14H19ClN2O3. The summed E-state index contributed by atoms with van der Waals surface area (Å²) in [4.78, 5) is 12.2. The minimum atomic E-state index is 0. The van der Waals surface area contributed by atoms with E-state index in [1.165, 1.54) is 0 Å². The highest BCUT2D eigenvalue weighted by Gasteiger charge is 2.23. The van der Waals surface area contributed by atoms with Crippen LogP contribution < -0.4 is 20.1 Å². The zero-order valence-corrected chi connectivity index (χ0v) is 12.0. The lowest BCUT2D eigenvalue weighted by Crippen LogP contribution is -2.34. The highest BCUT2D eigenvalue weighted by atomic mass is 35.5. The smallest absolute Gasteiger partial charge is 0.227 e. The van der Waals surface area contributed by atoms with Crippen molar-refractivity contribution in [3.05, 3.63) is 18.2 Å². The van der Waals surface area contributed by atoms with E-state index in [0.29, 0.717) is 30.4 Å². The van der Waals surface area contributed by atoms with Gasteiger partial charge in [-0.3, -0.25) is 4.79 Å². The molecule has 0 radical (unpaired) electrons. The van der Waals surface area contributed by atoms with Crippen LogP contribution in [0.15, 0.2) is 18.2 Å². The molecule has 20 heavy (non-hydrogen) atoms. The predicted molar refractivity (Wildman–Crippen MR) is 78.9 cm³/mol. The monoisotopic (exact) mass is 298 g/mol. The molecule has 0 saturated carbocycles.